The normalized spacial score (nSPS) is 19.3. The smallest absolute Gasteiger partial charge is 0.123 e. The molecule has 0 bridgehead atoms. The standard InChI is InChI=1S/C25H23ClFN3/c26-19-3-1-2-18(13-19)24-15-29-25(30-24)12-16-4-6-17(7-5-16)21-10-11-28-23-9-8-20(27)14-22(21)23/h1-3,8-11,13-17H,4-7,12H2,(H,29,30). The molecule has 0 spiro atoms. The number of aromatic nitrogens is 3. The minimum absolute atomic E-state index is 0.196. The molecule has 2 heterocycles. The summed E-state index contributed by atoms with van der Waals surface area (Å²) in [7, 11) is 0. The van der Waals surface area contributed by atoms with Gasteiger partial charge in [-0.3, -0.25) is 4.98 Å². The van der Waals surface area contributed by atoms with Crippen molar-refractivity contribution < 1.29 is 4.39 Å². The summed E-state index contributed by atoms with van der Waals surface area (Å²) in [6, 6.07) is 14.8. The van der Waals surface area contributed by atoms with E-state index >= 15 is 0 Å². The van der Waals surface area contributed by atoms with Crippen molar-refractivity contribution in [3.63, 3.8) is 0 Å². The summed E-state index contributed by atoms with van der Waals surface area (Å²) in [5, 5.41) is 1.68. The van der Waals surface area contributed by atoms with Gasteiger partial charge in [0.05, 0.1) is 17.4 Å². The van der Waals surface area contributed by atoms with Gasteiger partial charge in [-0.15, -0.1) is 0 Å². The zero-order valence-electron chi connectivity index (χ0n) is 16.6. The first-order valence-corrected chi connectivity index (χ1v) is 10.9. The van der Waals surface area contributed by atoms with Gasteiger partial charge in [-0.2, -0.15) is 0 Å². The number of halogens is 2. The van der Waals surface area contributed by atoms with Crippen LogP contribution in [-0.2, 0) is 6.42 Å². The fraction of sp³-hybridized carbons (Fsp3) is 0.280. The van der Waals surface area contributed by atoms with E-state index in [-0.39, 0.29) is 5.82 Å². The summed E-state index contributed by atoms with van der Waals surface area (Å²) < 4.78 is 13.8. The van der Waals surface area contributed by atoms with Gasteiger partial charge in [-0.25, -0.2) is 9.37 Å². The van der Waals surface area contributed by atoms with Crippen LogP contribution >= 0.6 is 11.6 Å². The van der Waals surface area contributed by atoms with Crippen LogP contribution < -0.4 is 0 Å². The van der Waals surface area contributed by atoms with Gasteiger partial charge in [0.2, 0.25) is 0 Å². The van der Waals surface area contributed by atoms with Crippen molar-refractivity contribution in [1.82, 2.24) is 15.0 Å². The highest BCUT2D eigenvalue weighted by molar-refractivity contribution is 6.30. The molecule has 0 radical (unpaired) electrons. The van der Waals surface area contributed by atoms with Crippen LogP contribution in [-0.4, -0.2) is 15.0 Å². The number of imidazole rings is 1. The molecule has 3 nitrogen and oxygen atoms in total. The lowest BCUT2D eigenvalue weighted by Crippen LogP contribution is -2.16. The molecule has 152 valence electrons. The molecule has 1 fully saturated rings. The van der Waals surface area contributed by atoms with Crippen LogP contribution in [0.3, 0.4) is 0 Å². The summed E-state index contributed by atoms with van der Waals surface area (Å²) >= 11 is 6.11. The Kier molecular flexibility index (Phi) is 5.26. The quantitative estimate of drug-likeness (QED) is 0.389. The monoisotopic (exact) mass is 419 g/mol. The Labute approximate surface area is 180 Å². The maximum absolute atomic E-state index is 13.8. The molecule has 0 amide bonds. The topological polar surface area (TPSA) is 41.6 Å². The van der Waals surface area contributed by atoms with Crippen molar-refractivity contribution in [3.05, 3.63) is 83.2 Å². The predicted octanol–water partition coefficient (Wildman–Crippen LogP) is 6.93. The van der Waals surface area contributed by atoms with E-state index in [2.05, 4.69) is 21.0 Å². The summed E-state index contributed by atoms with van der Waals surface area (Å²) in [4.78, 5) is 12.4. The Morgan fingerprint density at radius 1 is 1.00 bits per heavy atom. The number of rotatable bonds is 4. The third kappa shape index (κ3) is 3.97. The second kappa shape index (κ2) is 8.19. The molecule has 1 aliphatic carbocycles. The summed E-state index contributed by atoms with van der Waals surface area (Å²) in [6.07, 6.45) is 9.23. The van der Waals surface area contributed by atoms with Gasteiger partial charge in [0.1, 0.15) is 11.6 Å². The third-order valence-corrected chi connectivity index (χ3v) is 6.51. The minimum Gasteiger partial charge on any atom is -0.342 e. The number of pyridine rings is 1. The van der Waals surface area contributed by atoms with Crippen LogP contribution in [0.15, 0.2) is 60.9 Å². The molecule has 1 N–H and O–H groups in total. The number of H-pyrrole nitrogens is 1. The third-order valence-electron chi connectivity index (χ3n) is 6.27. The first-order valence-electron chi connectivity index (χ1n) is 10.5. The summed E-state index contributed by atoms with van der Waals surface area (Å²) in [5.74, 6) is 1.92. The minimum atomic E-state index is -0.196. The Bertz CT molecular complexity index is 1180. The largest absolute Gasteiger partial charge is 0.342 e. The van der Waals surface area contributed by atoms with E-state index in [1.54, 1.807) is 12.1 Å². The molecule has 1 aliphatic rings. The van der Waals surface area contributed by atoms with Crippen molar-refractivity contribution in [3.8, 4) is 11.3 Å². The molecule has 30 heavy (non-hydrogen) atoms. The second-order valence-corrected chi connectivity index (χ2v) is 8.67. The van der Waals surface area contributed by atoms with Crippen LogP contribution in [0, 0.1) is 11.7 Å². The van der Waals surface area contributed by atoms with Crippen LogP contribution in [0.25, 0.3) is 22.2 Å². The maximum atomic E-state index is 13.8. The molecule has 5 heteroatoms. The van der Waals surface area contributed by atoms with E-state index < -0.39 is 0 Å². The van der Waals surface area contributed by atoms with Gasteiger partial charge >= 0.3 is 0 Å². The van der Waals surface area contributed by atoms with Crippen molar-refractivity contribution >= 4 is 22.5 Å². The van der Waals surface area contributed by atoms with Crippen LogP contribution in [0.1, 0.15) is 43.0 Å². The van der Waals surface area contributed by atoms with Crippen LogP contribution in [0.2, 0.25) is 5.02 Å². The number of nitrogens with zero attached hydrogens (tertiary/aromatic N) is 2. The lowest BCUT2D eigenvalue weighted by atomic mass is 9.77. The number of nitrogens with one attached hydrogen (secondary N) is 1. The molecule has 0 aliphatic heterocycles. The highest BCUT2D eigenvalue weighted by Crippen LogP contribution is 2.39. The van der Waals surface area contributed by atoms with E-state index in [0.717, 1.165) is 65.1 Å². The average Bonchev–Trinajstić information content (AvgIpc) is 3.22. The van der Waals surface area contributed by atoms with Crippen LogP contribution in [0.5, 0.6) is 0 Å². The Hall–Kier alpha value is -2.72. The van der Waals surface area contributed by atoms with Gasteiger partial charge in [-0.05, 0) is 79.5 Å². The molecule has 5 rings (SSSR count). The highest BCUT2D eigenvalue weighted by Gasteiger charge is 2.24. The van der Waals surface area contributed by atoms with Crippen LogP contribution in [0.4, 0.5) is 4.39 Å². The number of aromatic amines is 1. The number of hydrogen-bond acceptors (Lipinski definition) is 2. The Morgan fingerprint density at radius 3 is 2.70 bits per heavy atom. The number of fused-ring (bicyclic) bond motifs is 1. The Balaban J connectivity index is 1.26. The van der Waals surface area contributed by atoms with E-state index in [1.807, 2.05) is 36.7 Å². The zero-order valence-corrected chi connectivity index (χ0v) is 17.4. The van der Waals surface area contributed by atoms with Crippen molar-refractivity contribution in [1.29, 1.82) is 0 Å². The molecule has 2 aromatic carbocycles. The molecule has 0 saturated heterocycles. The van der Waals surface area contributed by atoms with E-state index in [1.165, 1.54) is 11.6 Å². The van der Waals surface area contributed by atoms with Gasteiger partial charge in [0, 0.05) is 28.6 Å². The zero-order chi connectivity index (χ0) is 20.5. The van der Waals surface area contributed by atoms with Gasteiger partial charge < -0.3 is 4.98 Å². The van der Waals surface area contributed by atoms with Gasteiger partial charge in [-0.1, -0.05) is 23.7 Å². The molecule has 4 aromatic rings. The SMILES string of the molecule is Fc1ccc2nccc(C3CCC(Cc4ncc(-c5cccc(Cl)c5)[nH]4)CC3)c2c1. The van der Waals surface area contributed by atoms with Crippen molar-refractivity contribution in [2.75, 3.05) is 0 Å². The number of hydrogen-bond donors (Lipinski definition) is 1. The van der Waals surface area contributed by atoms with E-state index in [9.17, 15) is 4.39 Å². The lowest BCUT2D eigenvalue weighted by molar-refractivity contribution is 0.322. The summed E-state index contributed by atoms with van der Waals surface area (Å²) in [6.45, 7) is 0. The molecular formula is C25H23ClFN3. The van der Waals surface area contributed by atoms with Gasteiger partial charge in [0.15, 0.2) is 0 Å². The lowest BCUT2D eigenvalue weighted by Gasteiger charge is -2.29. The first-order chi connectivity index (χ1) is 14.7. The van der Waals surface area contributed by atoms with E-state index in [4.69, 9.17) is 11.6 Å². The van der Waals surface area contributed by atoms with E-state index in [0.29, 0.717) is 11.8 Å². The summed E-state index contributed by atoms with van der Waals surface area (Å²) in [5.41, 5.74) is 4.17. The maximum Gasteiger partial charge on any atom is 0.123 e. The van der Waals surface area contributed by atoms with Crippen molar-refractivity contribution in [2.24, 2.45) is 5.92 Å². The molecule has 0 unspecified atom stereocenters. The molecule has 2 aromatic heterocycles. The molecular weight excluding hydrogens is 397 g/mol. The Morgan fingerprint density at radius 2 is 1.87 bits per heavy atom. The fourth-order valence-electron chi connectivity index (χ4n) is 4.72. The van der Waals surface area contributed by atoms with Gasteiger partial charge in [0.25, 0.3) is 0 Å². The number of benzene rings is 2. The highest BCUT2D eigenvalue weighted by atomic mass is 35.5. The fourth-order valence-corrected chi connectivity index (χ4v) is 4.91. The molecule has 1 saturated carbocycles. The predicted molar refractivity (Wildman–Crippen MR) is 119 cm³/mol. The second-order valence-electron chi connectivity index (χ2n) is 8.24. The molecule has 0 atom stereocenters. The van der Waals surface area contributed by atoms with Crippen molar-refractivity contribution in [2.45, 2.75) is 38.0 Å². The first kappa shape index (κ1) is 19.3. The average molecular weight is 420 g/mol.